The number of hydrogen-bond donors (Lipinski definition) is 0. The number of Topliss-reactive ketones (excluding diaryl/α,β-unsaturated/α-hetero) is 1. The summed E-state index contributed by atoms with van der Waals surface area (Å²) in [5.41, 5.74) is 0.830. The van der Waals surface area contributed by atoms with Crippen molar-refractivity contribution in [1.29, 1.82) is 0 Å². The van der Waals surface area contributed by atoms with Crippen molar-refractivity contribution in [3.63, 3.8) is 0 Å². The summed E-state index contributed by atoms with van der Waals surface area (Å²) in [6, 6.07) is 4.17. The highest BCUT2D eigenvalue weighted by molar-refractivity contribution is 9.10. The zero-order valence-electron chi connectivity index (χ0n) is 8.61. The first-order valence-electron chi connectivity index (χ1n) is 5.04. The molecule has 0 fully saturated rings. The van der Waals surface area contributed by atoms with Gasteiger partial charge in [0.05, 0.1) is 0 Å². The number of carbonyl (C=O) groups excluding carboxylic acids is 1. The molecule has 0 saturated carbocycles. The molecule has 0 aliphatic carbocycles. The summed E-state index contributed by atoms with van der Waals surface area (Å²) >= 11 is 6.71. The van der Waals surface area contributed by atoms with Crippen LogP contribution in [0, 0.1) is 0 Å². The van der Waals surface area contributed by atoms with Crippen LogP contribution in [0.25, 0.3) is 0 Å². The third kappa shape index (κ3) is 3.03. The summed E-state index contributed by atoms with van der Waals surface area (Å²) in [5, 5.41) is 5.94. The maximum Gasteiger partial charge on any atom is 0.164 e. The van der Waals surface area contributed by atoms with Crippen molar-refractivity contribution in [2.24, 2.45) is 0 Å². The summed E-state index contributed by atoms with van der Waals surface area (Å²) in [7, 11) is 0. The molecule has 16 heavy (non-hydrogen) atoms. The molecule has 0 aliphatic heterocycles. The van der Waals surface area contributed by atoms with Gasteiger partial charge in [0.15, 0.2) is 5.78 Å². The first-order chi connectivity index (χ1) is 7.77. The van der Waals surface area contributed by atoms with Crippen molar-refractivity contribution in [3.8, 4) is 0 Å². The zero-order chi connectivity index (χ0) is 11.4. The summed E-state index contributed by atoms with van der Waals surface area (Å²) in [6.07, 6.45) is 2.57. The highest BCUT2D eigenvalue weighted by Crippen LogP contribution is 2.23. The van der Waals surface area contributed by atoms with Crippen LogP contribution in [0.2, 0.25) is 0 Å². The predicted octanol–water partition coefficient (Wildman–Crippen LogP) is 4.78. The topological polar surface area (TPSA) is 17.1 Å². The molecule has 1 nitrogen and oxygen atoms in total. The minimum atomic E-state index is 0.240. The summed E-state index contributed by atoms with van der Waals surface area (Å²) in [4.78, 5) is 13.2. The Labute approximate surface area is 111 Å². The molecule has 0 unspecified atom stereocenters. The number of aryl methyl sites for hydroxylation is 1. The van der Waals surface area contributed by atoms with E-state index in [0.29, 0.717) is 6.42 Å². The standard InChI is InChI=1S/C12H11BrOS2/c13-11-8-15-7-10(11)12(14)5-1-3-9-4-2-6-16-9/h2,4,6-8H,1,3,5H2. The lowest BCUT2D eigenvalue weighted by atomic mass is 10.1. The Kier molecular flexibility index (Phi) is 4.32. The van der Waals surface area contributed by atoms with Crippen molar-refractivity contribution < 1.29 is 4.79 Å². The van der Waals surface area contributed by atoms with Crippen LogP contribution in [-0.4, -0.2) is 5.78 Å². The largest absolute Gasteiger partial charge is 0.294 e. The van der Waals surface area contributed by atoms with Gasteiger partial charge in [0.25, 0.3) is 0 Å². The normalized spacial score (nSPS) is 10.6. The third-order valence-electron chi connectivity index (χ3n) is 2.32. The molecule has 2 aromatic heterocycles. The lowest BCUT2D eigenvalue weighted by Crippen LogP contribution is -1.98. The van der Waals surface area contributed by atoms with Crippen LogP contribution in [-0.2, 0) is 6.42 Å². The van der Waals surface area contributed by atoms with Gasteiger partial charge in [0.1, 0.15) is 0 Å². The van der Waals surface area contributed by atoms with Gasteiger partial charge in [0.2, 0.25) is 0 Å². The van der Waals surface area contributed by atoms with E-state index in [9.17, 15) is 4.79 Å². The van der Waals surface area contributed by atoms with Gasteiger partial charge in [-0.1, -0.05) is 6.07 Å². The molecule has 0 spiro atoms. The Balaban J connectivity index is 1.83. The second-order valence-electron chi connectivity index (χ2n) is 3.49. The van der Waals surface area contributed by atoms with E-state index in [4.69, 9.17) is 0 Å². The molecule has 2 rings (SSSR count). The Morgan fingerprint density at radius 1 is 1.38 bits per heavy atom. The van der Waals surface area contributed by atoms with Crippen LogP contribution in [0.5, 0.6) is 0 Å². The molecule has 4 heteroatoms. The SMILES string of the molecule is O=C(CCCc1cccs1)c1cscc1Br. The molecule has 2 aromatic rings. The van der Waals surface area contributed by atoms with E-state index in [-0.39, 0.29) is 5.78 Å². The fourth-order valence-electron chi connectivity index (χ4n) is 1.49. The van der Waals surface area contributed by atoms with Crippen LogP contribution in [0.3, 0.4) is 0 Å². The van der Waals surface area contributed by atoms with Gasteiger partial charge in [-0.05, 0) is 40.2 Å². The monoisotopic (exact) mass is 314 g/mol. The quantitative estimate of drug-likeness (QED) is 0.726. The summed E-state index contributed by atoms with van der Waals surface area (Å²) < 4.78 is 0.929. The fourth-order valence-corrected chi connectivity index (χ4v) is 3.76. The first kappa shape index (κ1) is 12.0. The lowest BCUT2D eigenvalue weighted by Gasteiger charge is -1.98. The Morgan fingerprint density at radius 3 is 2.88 bits per heavy atom. The maximum atomic E-state index is 11.8. The van der Waals surface area contributed by atoms with E-state index >= 15 is 0 Å². The molecule has 0 bridgehead atoms. The maximum absolute atomic E-state index is 11.8. The molecule has 0 N–H and O–H groups in total. The number of rotatable bonds is 5. The Hall–Kier alpha value is -0.450. The molecule has 84 valence electrons. The highest BCUT2D eigenvalue weighted by Gasteiger charge is 2.10. The third-order valence-corrected chi connectivity index (χ3v) is 4.96. The number of halogens is 1. The number of carbonyl (C=O) groups is 1. The summed E-state index contributed by atoms with van der Waals surface area (Å²) in [5.74, 6) is 0.240. The van der Waals surface area contributed by atoms with Crippen molar-refractivity contribution in [1.82, 2.24) is 0 Å². The van der Waals surface area contributed by atoms with Gasteiger partial charge >= 0.3 is 0 Å². The average molecular weight is 315 g/mol. The molecular weight excluding hydrogens is 304 g/mol. The predicted molar refractivity (Wildman–Crippen MR) is 73.6 cm³/mol. The van der Waals surface area contributed by atoms with Crippen LogP contribution < -0.4 is 0 Å². The highest BCUT2D eigenvalue weighted by atomic mass is 79.9. The van der Waals surface area contributed by atoms with Gasteiger partial charge < -0.3 is 0 Å². The van der Waals surface area contributed by atoms with Gasteiger partial charge in [-0.25, -0.2) is 0 Å². The van der Waals surface area contributed by atoms with Gasteiger partial charge in [-0.3, -0.25) is 4.79 Å². The Morgan fingerprint density at radius 2 is 2.25 bits per heavy atom. The van der Waals surface area contributed by atoms with E-state index in [0.717, 1.165) is 22.9 Å². The van der Waals surface area contributed by atoms with Crippen molar-refractivity contribution in [2.45, 2.75) is 19.3 Å². The van der Waals surface area contributed by atoms with E-state index in [1.165, 1.54) is 4.88 Å². The van der Waals surface area contributed by atoms with Gasteiger partial charge in [-0.15, -0.1) is 11.3 Å². The number of ketones is 1. The second kappa shape index (κ2) is 5.75. The van der Waals surface area contributed by atoms with Crippen LogP contribution in [0.4, 0.5) is 0 Å². The molecule has 0 aliphatic rings. The van der Waals surface area contributed by atoms with E-state index in [1.54, 1.807) is 22.7 Å². The van der Waals surface area contributed by atoms with Crippen LogP contribution in [0.1, 0.15) is 28.1 Å². The van der Waals surface area contributed by atoms with Gasteiger partial charge in [0, 0.05) is 32.1 Å². The zero-order valence-corrected chi connectivity index (χ0v) is 11.8. The second-order valence-corrected chi connectivity index (χ2v) is 6.12. The van der Waals surface area contributed by atoms with Gasteiger partial charge in [-0.2, -0.15) is 11.3 Å². The minimum absolute atomic E-state index is 0.240. The van der Waals surface area contributed by atoms with E-state index < -0.39 is 0 Å². The minimum Gasteiger partial charge on any atom is -0.294 e. The van der Waals surface area contributed by atoms with Crippen molar-refractivity contribution in [3.05, 3.63) is 43.2 Å². The molecule has 0 atom stereocenters. The Bertz CT molecular complexity index is 459. The van der Waals surface area contributed by atoms with Crippen molar-refractivity contribution >= 4 is 44.4 Å². The number of hydrogen-bond acceptors (Lipinski definition) is 3. The van der Waals surface area contributed by atoms with Crippen molar-refractivity contribution in [2.75, 3.05) is 0 Å². The smallest absolute Gasteiger partial charge is 0.164 e. The van der Waals surface area contributed by atoms with E-state index in [2.05, 4.69) is 33.4 Å². The van der Waals surface area contributed by atoms with E-state index in [1.807, 2.05) is 10.8 Å². The molecule has 0 aromatic carbocycles. The first-order valence-corrected chi connectivity index (χ1v) is 7.66. The average Bonchev–Trinajstić information content (AvgIpc) is 2.88. The molecule has 2 heterocycles. The van der Waals surface area contributed by atoms with Crippen LogP contribution >= 0.6 is 38.6 Å². The fraction of sp³-hybridized carbons (Fsp3) is 0.250. The summed E-state index contributed by atoms with van der Waals surface area (Å²) in [6.45, 7) is 0. The molecule has 0 amide bonds. The molecular formula is C12H11BrOS2. The lowest BCUT2D eigenvalue weighted by molar-refractivity contribution is 0.0980. The molecule has 0 saturated heterocycles. The van der Waals surface area contributed by atoms with Crippen LogP contribution in [0.15, 0.2) is 32.7 Å². The molecule has 0 radical (unpaired) electrons. The number of thiophene rings is 2.